The lowest BCUT2D eigenvalue weighted by molar-refractivity contribution is -0.128. The van der Waals surface area contributed by atoms with Crippen molar-refractivity contribution in [3.05, 3.63) is 47.1 Å². The van der Waals surface area contributed by atoms with Crippen molar-refractivity contribution in [2.75, 3.05) is 6.61 Å². The van der Waals surface area contributed by atoms with E-state index < -0.39 is 0 Å². The van der Waals surface area contributed by atoms with Crippen LogP contribution in [0.15, 0.2) is 29.0 Å². The molecule has 0 aliphatic carbocycles. The fourth-order valence-corrected chi connectivity index (χ4v) is 1.72. The number of hydrogen-bond acceptors (Lipinski definition) is 6. The molecule has 2 aromatic rings. The molecule has 19 heavy (non-hydrogen) atoms. The van der Waals surface area contributed by atoms with Gasteiger partial charge in [0.05, 0.1) is 17.9 Å². The maximum Gasteiger partial charge on any atom is 0.293 e. The second-order valence-corrected chi connectivity index (χ2v) is 3.85. The maximum atomic E-state index is 12.3. The predicted molar refractivity (Wildman–Crippen MR) is 64.6 cm³/mol. The molecule has 0 fully saturated rings. The quantitative estimate of drug-likeness (QED) is 0.442. The summed E-state index contributed by atoms with van der Waals surface area (Å²) >= 11 is 0. The molecule has 0 saturated carbocycles. The molecule has 0 N–H and O–H groups in total. The van der Waals surface area contributed by atoms with Crippen molar-refractivity contribution < 1.29 is 18.8 Å². The van der Waals surface area contributed by atoms with Gasteiger partial charge in [0.15, 0.2) is 5.78 Å². The number of nitrogens with zero attached hydrogens (tertiary/aromatic N) is 2. The number of carbonyl (C=O) groups excluding carboxylic acids is 2. The minimum absolute atomic E-state index is 0.156. The zero-order valence-corrected chi connectivity index (χ0v) is 10.3. The van der Waals surface area contributed by atoms with Crippen LogP contribution in [0.5, 0.6) is 0 Å². The number of rotatable bonds is 6. The molecule has 6 heteroatoms. The third-order valence-corrected chi connectivity index (χ3v) is 2.61. The third-order valence-electron chi connectivity index (χ3n) is 2.61. The first-order chi connectivity index (χ1) is 9.24. The van der Waals surface area contributed by atoms with E-state index in [0.29, 0.717) is 35.5 Å². The van der Waals surface area contributed by atoms with Crippen molar-refractivity contribution in [2.45, 2.75) is 13.3 Å². The Bertz CT molecular complexity index is 578. The molecule has 0 atom stereocenters. The first kappa shape index (κ1) is 12.9. The first-order valence-electron chi connectivity index (χ1n) is 5.69. The van der Waals surface area contributed by atoms with Gasteiger partial charge in [-0.2, -0.15) is 0 Å². The van der Waals surface area contributed by atoms with E-state index in [1.54, 1.807) is 25.3 Å². The second kappa shape index (κ2) is 5.90. The third kappa shape index (κ3) is 2.85. The highest BCUT2D eigenvalue weighted by Gasteiger charge is 2.21. The summed E-state index contributed by atoms with van der Waals surface area (Å²) in [7, 11) is 0. The largest absolute Gasteiger partial charge is 0.467 e. The van der Waals surface area contributed by atoms with E-state index in [1.807, 2.05) is 0 Å². The summed E-state index contributed by atoms with van der Waals surface area (Å²) in [6, 6.07) is 3.36. The molecule has 0 unspecified atom stereocenters. The van der Waals surface area contributed by atoms with Crippen LogP contribution in [0, 0.1) is 6.92 Å². The average molecular weight is 260 g/mol. The van der Waals surface area contributed by atoms with Crippen LogP contribution in [0.25, 0.3) is 0 Å². The lowest BCUT2D eigenvalue weighted by Crippen LogP contribution is -2.08. The fourth-order valence-electron chi connectivity index (χ4n) is 1.72. The van der Waals surface area contributed by atoms with E-state index >= 15 is 0 Å². The van der Waals surface area contributed by atoms with Crippen LogP contribution < -0.4 is 0 Å². The van der Waals surface area contributed by atoms with Crippen LogP contribution in [0.4, 0.5) is 0 Å². The van der Waals surface area contributed by atoms with Gasteiger partial charge in [-0.1, -0.05) is 5.16 Å². The first-order valence-corrected chi connectivity index (χ1v) is 5.69. The van der Waals surface area contributed by atoms with Crippen LogP contribution in [0.1, 0.15) is 27.4 Å². The fraction of sp³-hybridized carbons (Fsp3) is 0.231. The molecule has 2 aromatic heterocycles. The molecule has 2 rings (SSSR count). The Morgan fingerprint density at radius 2 is 2.37 bits per heavy atom. The summed E-state index contributed by atoms with van der Waals surface area (Å²) in [6.45, 7) is 2.18. The van der Waals surface area contributed by atoms with E-state index in [2.05, 4.69) is 14.9 Å². The summed E-state index contributed by atoms with van der Waals surface area (Å²) in [4.78, 5) is 26.3. The second-order valence-electron chi connectivity index (χ2n) is 3.85. The molecule has 2 heterocycles. The van der Waals surface area contributed by atoms with Gasteiger partial charge in [0.1, 0.15) is 5.76 Å². The van der Waals surface area contributed by atoms with Crippen molar-refractivity contribution >= 4 is 12.3 Å². The Morgan fingerprint density at radius 3 is 3.05 bits per heavy atom. The smallest absolute Gasteiger partial charge is 0.293 e. The number of ether oxygens (including phenoxy) is 1. The highest BCUT2D eigenvalue weighted by atomic mass is 16.5. The van der Waals surface area contributed by atoms with Crippen molar-refractivity contribution in [3.63, 3.8) is 0 Å². The Morgan fingerprint density at radius 1 is 1.53 bits per heavy atom. The molecular formula is C13H12N2O4. The summed E-state index contributed by atoms with van der Waals surface area (Å²) in [5.41, 5.74) is 1.35. The molecule has 0 radical (unpaired) electrons. The SMILES string of the molecule is Cc1onc(CCOC=O)c1C(=O)c1cccnc1. The zero-order chi connectivity index (χ0) is 13.7. The Labute approximate surface area is 109 Å². The van der Waals surface area contributed by atoms with Crippen molar-refractivity contribution in [1.29, 1.82) is 0 Å². The molecule has 0 aromatic carbocycles. The summed E-state index contributed by atoms with van der Waals surface area (Å²) in [5, 5.41) is 3.82. The van der Waals surface area contributed by atoms with Crippen molar-refractivity contribution in [2.24, 2.45) is 0 Å². The normalized spacial score (nSPS) is 10.2. The summed E-state index contributed by atoms with van der Waals surface area (Å²) in [6.07, 6.45) is 3.41. The summed E-state index contributed by atoms with van der Waals surface area (Å²) in [5.74, 6) is 0.239. The van der Waals surface area contributed by atoms with E-state index in [0.717, 1.165) is 0 Å². The van der Waals surface area contributed by atoms with Gasteiger partial charge in [0.2, 0.25) is 0 Å². The van der Waals surface area contributed by atoms with Gasteiger partial charge in [0.25, 0.3) is 6.47 Å². The molecule has 0 amide bonds. The maximum absolute atomic E-state index is 12.3. The van der Waals surface area contributed by atoms with Gasteiger partial charge in [-0.05, 0) is 19.1 Å². The molecule has 0 aliphatic rings. The van der Waals surface area contributed by atoms with E-state index in [1.165, 1.54) is 6.20 Å². The van der Waals surface area contributed by atoms with Gasteiger partial charge in [-0.15, -0.1) is 0 Å². The van der Waals surface area contributed by atoms with Crippen LogP contribution in [-0.2, 0) is 16.0 Å². The number of carbonyl (C=O) groups is 2. The molecule has 98 valence electrons. The van der Waals surface area contributed by atoms with Gasteiger partial charge in [-0.25, -0.2) is 0 Å². The monoisotopic (exact) mass is 260 g/mol. The zero-order valence-electron chi connectivity index (χ0n) is 10.3. The number of pyridine rings is 1. The van der Waals surface area contributed by atoms with Gasteiger partial charge < -0.3 is 9.26 Å². The Kier molecular flexibility index (Phi) is 4.02. The number of aromatic nitrogens is 2. The lowest BCUT2D eigenvalue weighted by Gasteiger charge is -2.01. The highest BCUT2D eigenvalue weighted by molar-refractivity contribution is 6.10. The Balaban J connectivity index is 2.26. The standard InChI is InChI=1S/C13H12N2O4/c1-9-12(11(15-19-9)4-6-18-8-16)13(17)10-3-2-5-14-7-10/h2-3,5,7-8H,4,6H2,1H3. The molecule has 6 nitrogen and oxygen atoms in total. The van der Waals surface area contributed by atoms with Crippen LogP contribution in [-0.4, -0.2) is 29.0 Å². The highest BCUT2D eigenvalue weighted by Crippen LogP contribution is 2.18. The Hall–Kier alpha value is -2.50. The van der Waals surface area contributed by atoms with Gasteiger partial charge >= 0.3 is 0 Å². The number of ketones is 1. The molecule has 0 saturated heterocycles. The van der Waals surface area contributed by atoms with Crippen LogP contribution in [0.2, 0.25) is 0 Å². The molecule has 0 spiro atoms. The van der Waals surface area contributed by atoms with Crippen LogP contribution >= 0.6 is 0 Å². The minimum atomic E-state index is -0.201. The number of hydrogen-bond donors (Lipinski definition) is 0. The van der Waals surface area contributed by atoms with E-state index in [9.17, 15) is 9.59 Å². The lowest BCUT2D eigenvalue weighted by atomic mass is 10.0. The molecular weight excluding hydrogens is 248 g/mol. The topological polar surface area (TPSA) is 82.3 Å². The summed E-state index contributed by atoms with van der Waals surface area (Å²) < 4.78 is 9.64. The van der Waals surface area contributed by atoms with E-state index in [-0.39, 0.29) is 12.4 Å². The predicted octanol–water partition coefficient (Wildman–Crippen LogP) is 1.32. The van der Waals surface area contributed by atoms with Crippen molar-refractivity contribution in [3.8, 4) is 0 Å². The van der Waals surface area contributed by atoms with Crippen molar-refractivity contribution in [1.82, 2.24) is 10.1 Å². The molecule has 0 bridgehead atoms. The average Bonchev–Trinajstić information content (AvgIpc) is 2.80. The number of aryl methyl sites for hydroxylation is 1. The van der Waals surface area contributed by atoms with Gasteiger partial charge in [0, 0.05) is 24.4 Å². The molecule has 0 aliphatic heterocycles. The minimum Gasteiger partial charge on any atom is -0.467 e. The van der Waals surface area contributed by atoms with E-state index in [4.69, 9.17) is 4.52 Å². The van der Waals surface area contributed by atoms with Crippen LogP contribution in [0.3, 0.4) is 0 Å². The van der Waals surface area contributed by atoms with Gasteiger partial charge in [-0.3, -0.25) is 14.6 Å².